The summed E-state index contributed by atoms with van der Waals surface area (Å²) < 4.78 is 6.52. The molecule has 1 heterocycles. The van der Waals surface area contributed by atoms with Crippen LogP contribution in [-0.4, -0.2) is 6.61 Å². The van der Waals surface area contributed by atoms with Gasteiger partial charge >= 0.3 is 0 Å². The lowest BCUT2D eigenvalue weighted by Gasteiger charge is -2.05. The first-order chi connectivity index (χ1) is 11.2. The van der Waals surface area contributed by atoms with Gasteiger partial charge in [-0.15, -0.1) is 11.3 Å². The summed E-state index contributed by atoms with van der Waals surface area (Å²) in [5.74, 6) is 0.912. The van der Waals surface area contributed by atoms with E-state index in [1.807, 2.05) is 31.2 Å². The minimum absolute atomic E-state index is 0.681. The average Bonchev–Trinajstić information content (AvgIpc) is 3.01. The van der Waals surface area contributed by atoms with Crippen molar-refractivity contribution in [2.45, 2.75) is 13.3 Å². The van der Waals surface area contributed by atoms with E-state index in [2.05, 4.69) is 46.3 Å². The molecule has 0 saturated heterocycles. The Kier molecular flexibility index (Phi) is 5.42. The fraction of sp³-hybridized carbons (Fsp3) is 0.158. The molecule has 0 unspecified atom stereocenters. The molecule has 118 valence electrons. The lowest BCUT2D eigenvalue weighted by atomic mass is 10.1. The van der Waals surface area contributed by atoms with E-state index >= 15 is 0 Å². The quantitative estimate of drug-likeness (QED) is 0.451. The van der Waals surface area contributed by atoms with Gasteiger partial charge in [-0.05, 0) is 64.3 Å². The Labute approximate surface area is 154 Å². The summed E-state index contributed by atoms with van der Waals surface area (Å²) >= 11 is 11.6. The highest BCUT2D eigenvalue weighted by atomic mass is 79.9. The van der Waals surface area contributed by atoms with Crippen molar-refractivity contribution in [2.24, 2.45) is 0 Å². The molecule has 23 heavy (non-hydrogen) atoms. The molecule has 0 bridgehead atoms. The van der Waals surface area contributed by atoms with E-state index in [4.69, 9.17) is 16.3 Å². The van der Waals surface area contributed by atoms with E-state index in [9.17, 15) is 0 Å². The standard InChI is InChI=1S/C19H16BrClOS/c1-2-22-15-7-3-5-13(11-15)18-10-9-16(23-18)12-14-6-4-8-17(20)19(14)21/h3-11H,2,12H2,1H3. The maximum absolute atomic E-state index is 6.36. The van der Waals surface area contributed by atoms with Gasteiger partial charge in [0.2, 0.25) is 0 Å². The minimum Gasteiger partial charge on any atom is -0.494 e. The van der Waals surface area contributed by atoms with E-state index < -0.39 is 0 Å². The van der Waals surface area contributed by atoms with Crippen molar-refractivity contribution < 1.29 is 4.74 Å². The van der Waals surface area contributed by atoms with Crippen LogP contribution in [0.5, 0.6) is 5.75 Å². The molecule has 0 aliphatic carbocycles. The molecule has 0 N–H and O–H groups in total. The number of thiophene rings is 1. The Morgan fingerprint density at radius 3 is 2.74 bits per heavy atom. The fourth-order valence-electron chi connectivity index (χ4n) is 2.41. The molecule has 0 spiro atoms. The molecular weight excluding hydrogens is 392 g/mol. The third-order valence-corrected chi connectivity index (χ3v) is 5.96. The monoisotopic (exact) mass is 406 g/mol. The second kappa shape index (κ2) is 7.52. The second-order valence-corrected chi connectivity index (χ2v) is 7.52. The van der Waals surface area contributed by atoms with Gasteiger partial charge in [0.25, 0.3) is 0 Å². The van der Waals surface area contributed by atoms with Gasteiger partial charge in [-0.1, -0.05) is 35.9 Å². The Morgan fingerprint density at radius 1 is 1.09 bits per heavy atom. The summed E-state index contributed by atoms with van der Waals surface area (Å²) in [7, 11) is 0. The third kappa shape index (κ3) is 3.97. The summed E-state index contributed by atoms with van der Waals surface area (Å²) in [6.45, 7) is 2.68. The first-order valence-corrected chi connectivity index (χ1v) is 9.41. The van der Waals surface area contributed by atoms with Gasteiger partial charge in [0.05, 0.1) is 11.6 Å². The van der Waals surface area contributed by atoms with Crippen molar-refractivity contribution in [3.05, 3.63) is 74.5 Å². The minimum atomic E-state index is 0.681. The molecule has 0 aliphatic heterocycles. The fourth-order valence-corrected chi connectivity index (χ4v) is 4.03. The molecule has 3 aromatic rings. The highest BCUT2D eigenvalue weighted by molar-refractivity contribution is 9.10. The predicted octanol–water partition coefficient (Wildman–Crippen LogP) is 6.82. The highest BCUT2D eigenvalue weighted by Crippen LogP contribution is 2.33. The van der Waals surface area contributed by atoms with Gasteiger partial charge in [-0.3, -0.25) is 0 Å². The Balaban J connectivity index is 1.83. The van der Waals surface area contributed by atoms with Gasteiger partial charge in [0.15, 0.2) is 0 Å². The maximum atomic E-state index is 6.36. The molecule has 1 nitrogen and oxygen atoms in total. The van der Waals surface area contributed by atoms with Crippen LogP contribution in [0, 0.1) is 0 Å². The third-order valence-electron chi connectivity index (χ3n) is 3.49. The van der Waals surface area contributed by atoms with Crippen LogP contribution >= 0.6 is 38.9 Å². The lowest BCUT2D eigenvalue weighted by Crippen LogP contribution is -1.90. The number of hydrogen-bond donors (Lipinski definition) is 0. The van der Waals surface area contributed by atoms with Crippen LogP contribution in [0.1, 0.15) is 17.4 Å². The van der Waals surface area contributed by atoms with Crippen molar-refractivity contribution in [3.63, 3.8) is 0 Å². The smallest absolute Gasteiger partial charge is 0.119 e. The van der Waals surface area contributed by atoms with Crippen molar-refractivity contribution >= 4 is 38.9 Å². The van der Waals surface area contributed by atoms with Crippen LogP contribution < -0.4 is 4.74 Å². The molecule has 0 fully saturated rings. The number of halogens is 2. The normalized spacial score (nSPS) is 10.7. The van der Waals surface area contributed by atoms with Crippen LogP contribution in [0.25, 0.3) is 10.4 Å². The number of hydrogen-bond acceptors (Lipinski definition) is 2. The largest absolute Gasteiger partial charge is 0.494 e. The Hall–Kier alpha value is -1.29. The summed E-state index contributed by atoms with van der Waals surface area (Å²) in [6.07, 6.45) is 0.841. The SMILES string of the molecule is CCOc1cccc(-c2ccc(Cc3cccc(Br)c3Cl)s2)c1. The van der Waals surface area contributed by atoms with Crippen molar-refractivity contribution in [3.8, 4) is 16.2 Å². The van der Waals surface area contributed by atoms with E-state index in [0.717, 1.165) is 27.2 Å². The van der Waals surface area contributed by atoms with E-state index in [1.54, 1.807) is 11.3 Å². The first kappa shape index (κ1) is 16.6. The Morgan fingerprint density at radius 2 is 1.91 bits per heavy atom. The number of rotatable bonds is 5. The van der Waals surface area contributed by atoms with Gasteiger partial charge in [-0.2, -0.15) is 0 Å². The van der Waals surface area contributed by atoms with Gasteiger partial charge in [0, 0.05) is 20.6 Å². The Bertz CT molecular complexity index is 813. The zero-order valence-corrected chi connectivity index (χ0v) is 15.8. The van der Waals surface area contributed by atoms with Crippen molar-refractivity contribution in [2.75, 3.05) is 6.61 Å². The topological polar surface area (TPSA) is 9.23 Å². The average molecular weight is 408 g/mol. The van der Waals surface area contributed by atoms with E-state index in [-0.39, 0.29) is 0 Å². The van der Waals surface area contributed by atoms with Crippen LogP contribution in [-0.2, 0) is 6.42 Å². The molecule has 0 amide bonds. The number of benzene rings is 2. The predicted molar refractivity (Wildman–Crippen MR) is 103 cm³/mol. The van der Waals surface area contributed by atoms with Crippen LogP contribution in [0.3, 0.4) is 0 Å². The zero-order valence-electron chi connectivity index (χ0n) is 12.7. The van der Waals surface area contributed by atoms with Crippen LogP contribution in [0.2, 0.25) is 5.02 Å². The molecule has 3 rings (SSSR count). The molecule has 4 heteroatoms. The summed E-state index contributed by atoms with van der Waals surface area (Å²) in [6, 6.07) is 18.6. The van der Waals surface area contributed by atoms with Crippen LogP contribution in [0.15, 0.2) is 59.1 Å². The zero-order chi connectivity index (χ0) is 16.2. The van der Waals surface area contributed by atoms with Crippen LogP contribution in [0.4, 0.5) is 0 Å². The number of ether oxygens (including phenoxy) is 1. The lowest BCUT2D eigenvalue weighted by molar-refractivity contribution is 0.340. The van der Waals surface area contributed by atoms with Crippen molar-refractivity contribution in [1.82, 2.24) is 0 Å². The van der Waals surface area contributed by atoms with Gasteiger partial charge < -0.3 is 4.74 Å². The molecule has 2 aromatic carbocycles. The maximum Gasteiger partial charge on any atom is 0.119 e. The van der Waals surface area contributed by atoms with Gasteiger partial charge in [0.1, 0.15) is 5.75 Å². The molecular formula is C19H16BrClOS. The summed E-state index contributed by atoms with van der Waals surface area (Å²) in [5.41, 5.74) is 2.32. The second-order valence-electron chi connectivity index (χ2n) is 5.12. The highest BCUT2D eigenvalue weighted by Gasteiger charge is 2.08. The molecule has 1 aromatic heterocycles. The summed E-state index contributed by atoms with van der Waals surface area (Å²) in [5, 5.41) is 0.792. The van der Waals surface area contributed by atoms with E-state index in [1.165, 1.54) is 15.3 Å². The molecule has 0 atom stereocenters. The summed E-state index contributed by atoms with van der Waals surface area (Å²) in [4.78, 5) is 2.54. The first-order valence-electron chi connectivity index (χ1n) is 7.42. The molecule has 0 radical (unpaired) electrons. The van der Waals surface area contributed by atoms with E-state index in [0.29, 0.717) is 6.61 Å². The van der Waals surface area contributed by atoms with Crippen molar-refractivity contribution in [1.29, 1.82) is 0 Å². The molecule has 0 aliphatic rings. The van der Waals surface area contributed by atoms with Gasteiger partial charge in [-0.25, -0.2) is 0 Å². The molecule has 0 saturated carbocycles.